The first-order valence-electron chi connectivity index (χ1n) is 8.48. The summed E-state index contributed by atoms with van der Waals surface area (Å²) in [5, 5.41) is 0. The monoisotopic (exact) mass is 265 g/mol. The predicted molar refractivity (Wildman–Crippen MR) is 80.2 cm³/mol. The number of hydrogen-bond donors (Lipinski definition) is 1. The molecule has 0 bridgehead atoms. The second-order valence-electron chi connectivity index (χ2n) is 7.16. The van der Waals surface area contributed by atoms with E-state index < -0.39 is 0 Å². The van der Waals surface area contributed by atoms with Gasteiger partial charge in [0.2, 0.25) is 0 Å². The van der Waals surface area contributed by atoms with E-state index in [0.717, 1.165) is 12.6 Å². The van der Waals surface area contributed by atoms with Gasteiger partial charge in [0.05, 0.1) is 0 Å². The molecule has 3 nitrogen and oxygen atoms in total. The predicted octanol–water partition coefficient (Wildman–Crippen LogP) is 2.07. The zero-order valence-electron chi connectivity index (χ0n) is 12.4. The molecule has 0 aromatic heterocycles. The third kappa shape index (κ3) is 3.50. The van der Waals surface area contributed by atoms with Crippen LogP contribution in [-0.4, -0.2) is 55.1 Å². The minimum atomic E-state index is 0.443. The topological polar surface area (TPSA) is 32.5 Å². The van der Waals surface area contributed by atoms with Crippen LogP contribution in [0.15, 0.2) is 0 Å². The van der Waals surface area contributed by atoms with E-state index in [9.17, 15) is 0 Å². The van der Waals surface area contributed by atoms with Crippen LogP contribution in [0.5, 0.6) is 0 Å². The molecule has 3 aliphatic rings. The van der Waals surface area contributed by atoms with Gasteiger partial charge >= 0.3 is 0 Å². The molecule has 1 aliphatic heterocycles. The van der Waals surface area contributed by atoms with Crippen molar-refractivity contribution in [3.8, 4) is 0 Å². The van der Waals surface area contributed by atoms with Gasteiger partial charge in [0, 0.05) is 38.8 Å². The van der Waals surface area contributed by atoms with E-state index in [1.54, 1.807) is 0 Å². The summed E-state index contributed by atoms with van der Waals surface area (Å²) in [5.41, 5.74) is 6.62. The standard InChI is InChI=1S/C16H31N3/c17-13-16(7-3-1-2-4-8-16)14-18-9-11-19(12-10-18)15-5-6-15/h15H,1-14,17H2. The van der Waals surface area contributed by atoms with Gasteiger partial charge in [-0.05, 0) is 37.6 Å². The van der Waals surface area contributed by atoms with Crippen LogP contribution in [-0.2, 0) is 0 Å². The second-order valence-corrected chi connectivity index (χ2v) is 7.16. The van der Waals surface area contributed by atoms with Crippen molar-refractivity contribution in [3.63, 3.8) is 0 Å². The summed E-state index contributed by atoms with van der Waals surface area (Å²) in [7, 11) is 0. The molecule has 0 radical (unpaired) electrons. The van der Waals surface area contributed by atoms with Gasteiger partial charge in [0.15, 0.2) is 0 Å². The van der Waals surface area contributed by atoms with E-state index in [4.69, 9.17) is 5.73 Å². The molecule has 0 aromatic carbocycles. The van der Waals surface area contributed by atoms with Crippen molar-refractivity contribution < 1.29 is 0 Å². The van der Waals surface area contributed by atoms with E-state index in [2.05, 4.69) is 9.80 Å². The van der Waals surface area contributed by atoms with Crippen LogP contribution in [0.25, 0.3) is 0 Å². The lowest BCUT2D eigenvalue weighted by molar-refractivity contribution is 0.0757. The normalized spacial score (nSPS) is 30.2. The number of nitrogens with zero attached hydrogens (tertiary/aromatic N) is 2. The average Bonchev–Trinajstić information content (AvgIpc) is 3.27. The highest BCUT2D eigenvalue weighted by Crippen LogP contribution is 2.35. The van der Waals surface area contributed by atoms with E-state index in [-0.39, 0.29) is 0 Å². The molecule has 2 aliphatic carbocycles. The third-order valence-electron chi connectivity index (χ3n) is 5.63. The van der Waals surface area contributed by atoms with Gasteiger partial charge in [-0.2, -0.15) is 0 Å². The minimum Gasteiger partial charge on any atom is -0.330 e. The highest BCUT2D eigenvalue weighted by molar-refractivity contribution is 4.90. The summed E-state index contributed by atoms with van der Waals surface area (Å²) < 4.78 is 0. The lowest BCUT2D eigenvalue weighted by atomic mass is 9.79. The Kier molecular flexibility index (Phi) is 4.45. The van der Waals surface area contributed by atoms with Gasteiger partial charge < -0.3 is 10.6 Å². The van der Waals surface area contributed by atoms with Crippen molar-refractivity contribution >= 4 is 0 Å². The van der Waals surface area contributed by atoms with E-state index in [1.807, 2.05) is 0 Å². The van der Waals surface area contributed by atoms with Crippen molar-refractivity contribution in [2.45, 2.75) is 57.4 Å². The SMILES string of the molecule is NCC1(CN2CCN(C3CC3)CC2)CCCCCC1. The van der Waals surface area contributed by atoms with Crippen LogP contribution < -0.4 is 5.73 Å². The van der Waals surface area contributed by atoms with Crippen LogP contribution >= 0.6 is 0 Å². The van der Waals surface area contributed by atoms with Gasteiger partial charge in [-0.25, -0.2) is 0 Å². The van der Waals surface area contributed by atoms with E-state index in [1.165, 1.54) is 84.1 Å². The minimum absolute atomic E-state index is 0.443. The second kappa shape index (κ2) is 6.11. The van der Waals surface area contributed by atoms with Crippen LogP contribution in [0.1, 0.15) is 51.4 Å². The smallest absolute Gasteiger partial charge is 0.0113 e. The summed E-state index contributed by atoms with van der Waals surface area (Å²) in [6.45, 7) is 7.31. The molecule has 3 heteroatoms. The summed E-state index contributed by atoms with van der Waals surface area (Å²) >= 11 is 0. The van der Waals surface area contributed by atoms with Crippen LogP contribution in [0.2, 0.25) is 0 Å². The fraction of sp³-hybridized carbons (Fsp3) is 1.00. The molecule has 19 heavy (non-hydrogen) atoms. The molecule has 2 N–H and O–H groups in total. The fourth-order valence-corrected chi connectivity index (χ4v) is 4.11. The lowest BCUT2D eigenvalue weighted by Gasteiger charge is -2.41. The molecule has 110 valence electrons. The van der Waals surface area contributed by atoms with Crippen molar-refractivity contribution in [3.05, 3.63) is 0 Å². The lowest BCUT2D eigenvalue weighted by Crippen LogP contribution is -2.51. The molecular weight excluding hydrogens is 234 g/mol. The van der Waals surface area contributed by atoms with Gasteiger partial charge in [0.25, 0.3) is 0 Å². The van der Waals surface area contributed by atoms with Crippen LogP contribution in [0.4, 0.5) is 0 Å². The highest BCUT2D eigenvalue weighted by Gasteiger charge is 2.35. The Morgan fingerprint density at radius 3 is 2.05 bits per heavy atom. The maximum absolute atomic E-state index is 6.17. The molecular formula is C16H31N3. The molecule has 1 heterocycles. The quantitative estimate of drug-likeness (QED) is 0.790. The Balaban J connectivity index is 1.51. The van der Waals surface area contributed by atoms with Crippen molar-refractivity contribution in [2.24, 2.45) is 11.1 Å². The number of nitrogens with two attached hydrogens (primary N) is 1. The molecule has 0 spiro atoms. The van der Waals surface area contributed by atoms with Gasteiger partial charge in [-0.1, -0.05) is 25.7 Å². The van der Waals surface area contributed by atoms with E-state index >= 15 is 0 Å². The maximum Gasteiger partial charge on any atom is 0.0113 e. The molecule has 0 aromatic rings. The molecule has 1 saturated heterocycles. The molecule has 3 rings (SSSR count). The summed E-state index contributed by atoms with van der Waals surface area (Å²) in [6.07, 6.45) is 11.3. The molecule has 0 amide bonds. The Labute approximate surface area is 118 Å². The summed E-state index contributed by atoms with van der Waals surface area (Å²) in [4.78, 5) is 5.41. The first-order chi connectivity index (χ1) is 9.31. The van der Waals surface area contributed by atoms with Gasteiger partial charge in [-0.3, -0.25) is 4.90 Å². The fourth-order valence-electron chi connectivity index (χ4n) is 4.11. The zero-order valence-corrected chi connectivity index (χ0v) is 12.4. The van der Waals surface area contributed by atoms with Crippen molar-refractivity contribution in [2.75, 3.05) is 39.3 Å². The molecule has 0 unspecified atom stereocenters. The Bertz CT molecular complexity index is 272. The number of rotatable bonds is 4. The maximum atomic E-state index is 6.17. The first kappa shape index (κ1) is 13.8. The van der Waals surface area contributed by atoms with Crippen molar-refractivity contribution in [1.29, 1.82) is 0 Å². The van der Waals surface area contributed by atoms with Crippen LogP contribution in [0, 0.1) is 5.41 Å². The third-order valence-corrected chi connectivity index (χ3v) is 5.63. The highest BCUT2D eigenvalue weighted by atomic mass is 15.3. The number of piperazine rings is 1. The zero-order chi connectivity index (χ0) is 13.1. The Morgan fingerprint density at radius 1 is 0.895 bits per heavy atom. The summed E-state index contributed by atoms with van der Waals surface area (Å²) in [5.74, 6) is 0. The molecule has 3 fully saturated rings. The van der Waals surface area contributed by atoms with Gasteiger partial charge in [-0.15, -0.1) is 0 Å². The average molecular weight is 265 g/mol. The molecule has 2 saturated carbocycles. The van der Waals surface area contributed by atoms with Crippen LogP contribution in [0.3, 0.4) is 0 Å². The molecule has 0 atom stereocenters. The number of hydrogen-bond acceptors (Lipinski definition) is 3. The largest absolute Gasteiger partial charge is 0.330 e. The summed E-state index contributed by atoms with van der Waals surface area (Å²) in [6, 6.07) is 0.948. The van der Waals surface area contributed by atoms with E-state index in [0.29, 0.717) is 5.41 Å². The Hall–Kier alpha value is -0.120. The first-order valence-corrected chi connectivity index (χ1v) is 8.48. The van der Waals surface area contributed by atoms with Crippen molar-refractivity contribution in [1.82, 2.24) is 9.80 Å². The van der Waals surface area contributed by atoms with Gasteiger partial charge in [0.1, 0.15) is 0 Å². The Morgan fingerprint density at radius 2 is 1.53 bits per heavy atom.